The Bertz CT molecular complexity index is 632. The van der Waals surface area contributed by atoms with E-state index in [4.69, 9.17) is 5.73 Å². The monoisotopic (exact) mass is 305 g/mol. The Morgan fingerprint density at radius 1 is 1.29 bits per heavy atom. The molecule has 114 valence electrons. The van der Waals surface area contributed by atoms with E-state index in [9.17, 15) is 4.21 Å². The van der Waals surface area contributed by atoms with Crippen LogP contribution in [0.1, 0.15) is 44.0 Å². The van der Waals surface area contributed by atoms with Crippen LogP contribution in [0, 0.1) is 6.92 Å². The van der Waals surface area contributed by atoms with Gasteiger partial charge in [-0.3, -0.25) is 8.89 Å². The third-order valence-electron chi connectivity index (χ3n) is 3.72. The Balaban J connectivity index is 2.15. The summed E-state index contributed by atoms with van der Waals surface area (Å²) < 4.78 is 14.5. The molecule has 0 fully saturated rings. The Morgan fingerprint density at radius 2 is 2.00 bits per heavy atom. The van der Waals surface area contributed by atoms with Gasteiger partial charge in [-0.25, -0.2) is 0 Å². The van der Waals surface area contributed by atoms with E-state index in [0.717, 1.165) is 29.0 Å². The van der Waals surface area contributed by atoms with Crippen LogP contribution in [0.25, 0.3) is 0 Å². The zero-order valence-corrected chi connectivity index (χ0v) is 13.7. The second-order valence-electron chi connectivity index (χ2n) is 5.27. The van der Waals surface area contributed by atoms with E-state index in [1.54, 1.807) is 6.07 Å². The zero-order chi connectivity index (χ0) is 15.4. The van der Waals surface area contributed by atoms with Gasteiger partial charge in [-0.15, -0.1) is 0 Å². The van der Waals surface area contributed by atoms with E-state index in [0.29, 0.717) is 17.5 Å². The summed E-state index contributed by atoms with van der Waals surface area (Å²) in [5.74, 6) is 0.428. The van der Waals surface area contributed by atoms with Gasteiger partial charge in [-0.05, 0) is 43.5 Å². The number of aryl methyl sites for hydroxylation is 1. The molecule has 0 spiro atoms. The third-order valence-corrected chi connectivity index (χ3v) is 5.20. The molecule has 0 amide bonds. The molecule has 2 N–H and O–H groups in total. The predicted molar refractivity (Wildman–Crippen MR) is 87.5 cm³/mol. The van der Waals surface area contributed by atoms with Gasteiger partial charge < -0.3 is 5.73 Å². The first-order valence-corrected chi connectivity index (χ1v) is 8.65. The van der Waals surface area contributed by atoms with Crippen LogP contribution in [-0.4, -0.2) is 14.0 Å². The van der Waals surface area contributed by atoms with Gasteiger partial charge in [0.25, 0.3) is 0 Å². The van der Waals surface area contributed by atoms with Crippen molar-refractivity contribution >= 4 is 16.5 Å². The summed E-state index contributed by atoms with van der Waals surface area (Å²) in [6.07, 6.45) is 4.08. The highest BCUT2D eigenvalue weighted by Crippen LogP contribution is 2.20. The van der Waals surface area contributed by atoms with Crippen molar-refractivity contribution in [2.24, 2.45) is 0 Å². The van der Waals surface area contributed by atoms with Gasteiger partial charge in [0.15, 0.2) is 0 Å². The summed E-state index contributed by atoms with van der Waals surface area (Å²) >= 11 is 0. The van der Waals surface area contributed by atoms with Gasteiger partial charge in [-0.2, -0.15) is 5.10 Å². The van der Waals surface area contributed by atoms with Crippen LogP contribution < -0.4 is 5.73 Å². The van der Waals surface area contributed by atoms with Gasteiger partial charge in [0.2, 0.25) is 0 Å². The van der Waals surface area contributed by atoms with Crippen molar-refractivity contribution < 1.29 is 4.21 Å². The lowest BCUT2D eigenvalue weighted by Gasteiger charge is -2.12. The van der Waals surface area contributed by atoms with Gasteiger partial charge in [0.1, 0.15) is 0 Å². The molecule has 1 aromatic carbocycles. The molecule has 1 unspecified atom stereocenters. The van der Waals surface area contributed by atoms with Gasteiger partial charge in [-0.1, -0.05) is 19.9 Å². The second-order valence-corrected chi connectivity index (χ2v) is 6.69. The highest BCUT2D eigenvalue weighted by molar-refractivity contribution is 7.84. The van der Waals surface area contributed by atoms with Crippen LogP contribution in [0.3, 0.4) is 0 Å². The summed E-state index contributed by atoms with van der Waals surface area (Å²) in [5.41, 5.74) is 8.29. The minimum atomic E-state index is -1.12. The molecule has 4 nitrogen and oxygen atoms in total. The largest absolute Gasteiger partial charge is 0.399 e. The second kappa shape index (κ2) is 6.89. The summed E-state index contributed by atoms with van der Waals surface area (Å²) in [7, 11) is -1.12. The summed E-state index contributed by atoms with van der Waals surface area (Å²) in [6.45, 7) is 6.27. The highest BCUT2D eigenvalue weighted by atomic mass is 32.2. The fourth-order valence-electron chi connectivity index (χ4n) is 2.39. The minimum Gasteiger partial charge on any atom is -0.399 e. The molecule has 2 aromatic rings. The first kappa shape index (κ1) is 15.8. The quantitative estimate of drug-likeness (QED) is 0.832. The van der Waals surface area contributed by atoms with Crippen molar-refractivity contribution in [1.82, 2.24) is 9.78 Å². The first-order chi connectivity index (χ1) is 10.0. The average molecular weight is 305 g/mol. The topological polar surface area (TPSA) is 60.9 Å². The Morgan fingerprint density at radius 3 is 2.67 bits per heavy atom. The van der Waals surface area contributed by atoms with Crippen molar-refractivity contribution in [3.8, 4) is 0 Å². The number of hydrogen-bond acceptors (Lipinski definition) is 3. The number of benzene rings is 1. The normalized spacial score (nSPS) is 12.8. The predicted octanol–water partition coefficient (Wildman–Crippen LogP) is 3.44. The molecule has 0 aliphatic rings. The molecule has 21 heavy (non-hydrogen) atoms. The van der Waals surface area contributed by atoms with E-state index >= 15 is 0 Å². The maximum atomic E-state index is 12.5. The van der Waals surface area contributed by atoms with E-state index < -0.39 is 10.8 Å². The van der Waals surface area contributed by atoms with Crippen LogP contribution in [-0.2, 0) is 16.6 Å². The Labute approximate surface area is 128 Å². The Kier molecular flexibility index (Phi) is 5.17. The maximum absolute atomic E-state index is 12.5. The SMILES string of the molecule is CCC(CC)n1ccc(CS(=O)c2cc(N)ccc2C)n1. The minimum absolute atomic E-state index is 0.418. The van der Waals surface area contributed by atoms with Gasteiger partial charge in [0.05, 0.1) is 28.3 Å². The van der Waals surface area contributed by atoms with Crippen molar-refractivity contribution in [2.75, 3.05) is 5.73 Å². The lowest BCUT2D eigenvalue weighted by molar-refractivity contribution is 0.426. The molecule has 1 aromatic heterocycles. The lowest BCUT2D eigenvalue weighted by Crippen LogP contribution is -2.08. The number of nitrogen functional groups attached to an aromatic ring is 1. The van der Waals surface area contributed by atoms with Crippen molar-refractivity contribution in [3.63, 3.8) is 0 Å². The molecule has 0 bridgehead atoms. The molecule has 0 aliphatic heterocycles. The van der Waals surface area contributed by atoms with Crippen LogP contribution in [0.15, 0.2) is 35.4 Å². The molecule has 5 heteroatoms. The molecule has 0 radical (unpaired) electrons. The maximum Gasteiger partial charge on any atom is 0.0753 e. The molecule has 0 aliphatic carbocycles. The molecule has 1 heterocycles. The molecular formula is C16H23N3OS. The number of anilines is 1. The molecule has 1 atom stereocenters. The number of rotatable bonds is 6. The zero-order valence-electron chi connectivity index (χ0n) is 12.9. The summed E-state index contributed by atoms with van der Waals surface area (Å²) in [5, 5.41) is 4.56. The van der Waals surface area contributed by atoms with Crippen molar-refractivity contribution in [2.45, 2.75) is 50.3 Å². The van der Waals surface area contributed by atoms with E-state index in [1.807, 2.05) is 36.0 Å². The number of nitrogens with two attached hydrogens (primary N) is 1. The van der Waals surface area contributed by atoms with E-state index in [1.165, 1.54) is 0 Å². The number of hydrogen-bond donors (Lipinski definition) is 1. The Hall–Kier alpha value is -1.62. The van der Waals surface area contributed by atoms with Crippen LogP contribution in [0.4, 0.5) is 5.69 Å². The third kappa shape index (κ3) is 3.73. The summed E-state index contributed by atoms with van der Waals surface area (Å²) in [4.78, 5) is 0.798. The molecule has 2 rings (SSSR count). The fourth-order valence-corrected chi connectivity index (χ4v) is 3.67. The summed E-state index contributed by atoms with van der Waals surface area (Å²) in [6, 6.07) is 7.91. The van der Waals surface area contributed by atoms with Crippen LogP contribution in [0.2, 0.25) is 0 Å². The van der Waals surface area contributed by atoms with Crippen LogP contribution >= 0.6 is 0 Å². The highest BCUT2D eigenvalue weighted by Gasteiger charge is 2.13. The van der Waals surface area contributed by atoms with Crippen molar-refractivity contribution in [3.05, 3.63) is 41.7 Å². The molecule has 0 saturated carbocycles. The number of aromatic nitrogens is 2. The molecular weight excluding hydrogens is 282 g/mol. The smallest absolute Gasteiger partial charge is 0.0753 e. The number of nitrogens with zero attached hydrogens (tertiary/aromatic N) is 2. The first-order valence-electron chi connectivity index (χ1n) is 7.33. The fraction of sp³-hybridized carbons (Fsp3) is 0.438. The van der Waals surface area contributed by atoms with Gasteiger partial charge in [0, 0.05) is 16.8 Å². The van der Waals surface area contributed by atoms with Gasteiger partial charge >= 0.3 is 0 Å². The van der Waals surface area contributed by atoms with E-state index in [-0.39, 0.29) is 0 Å². The van der Waals surface area contributed by atoms with E-state index in [2.05, 4.69) is 18.9 Å². The standard InChI is InChI=1S/C16H23N3OS/c1-4-15(5-2)19-9-8-14(18-19)11-21(20)16-10-13(17)7-6-12(16)3/h6-10,15H,4-5,11,17H2,1-3H3. The lowest BCUT2D eigenvalue weighted by atomic mass is 10.2. The average Bonchev–Trinajstić information content (AvgIpc) is 2.91. The van der Waals surface area contributed by atoms with Crippen LogP contribution in [0.5, 0.6) is 0 Å². The molecule has 0 saturated heterocycles. The van der Waals surface area contributed by atoms with Crippen molar-refractivity contribution in [1.29, 1.82) is 0 Å².